The molecule has 1 unspecified atom stereocenters. The Labute approximate surface area is 195 Å². The molecule has 1 aliphatic heterocycles. The SMILES string of the molecule is O=C(CCN1CCOC(c2ccc(OCCOCc3ccccc3)cc2)C1)OC(=O)C(F)(F)F. The Bertz CT molecular complexity index is 921. The first-order chi connectivity index (χ1) is 16.3. The van der Waals surface area contributed by atoms with Gasteiger partial charge in [-0.05, 0) is 23.3 Å². The zero-order chi connectivity index (χ0) is 24.4. The number of hydrogen-bond acceptors (Lipinski definition) is 7. The highest BCUT2D eigenvalue weighted by atomic mass is 19.4. The standard InChI is InChI=1S/C24H26F3NO6/c25-24(26,27)23(30)34-22(29)10-11-28-12-13-33-21(16-28)19-6-8-20(9-7-19)32-15-14-31-17-18-4-2-1-3-5-18/h1-9,21H,10-17H2. The molecule has 2 aromatic carbocycles. The molecule has 34 heavy (non-hydrogen) atoms. The fraction of sp³-hybridized carbons (Fsp3) is 0.417. The lowest BCUT2D eigenvalue weighted by Gasteiger charge is -2.33. The molecule has 0 bridgehead atoms. The molecule has 0 aliphatic carbocycles. The van der Waals surface area contributed by atoms with E-state index in [4.69, 9.17) is 14.2 Å². The summed E-state index contributed by atoms with van der Waals surface area (Å²) < 4.78 is 57.4. The number of rotatable bonds is 10. The minimum Gasteiger partial charge on any atom is -0.491 e. The summed E-state index contributed by atoms with van der Waals surface area (Å²) in [4.78, 5) is 24.1. The number of carbonyl (C=O) groups excluding carboxylic acids is 2. The van der Waals surface area contributed by atoms with Gasteiger partial charge in [-0.15, -0.1) is 0 Å². The number of halogens is 3. The van der Waals surface area contributed by atoms with E-state index >= 15 is 0 Å². The Morgan fingerprint density at radius 1 is 1.03 bits per heavy atom. The Morgan fingerprint density at radius 3 is 2.47 bits per heavy atom. The maximum Gasteiger partial charge on any atom is 0.491 e. The van der Waals surface area contributed by atoms with Crippen LogP contribution in [0.5, 0.6) is 5.75 Å². The molecule has 1 fully saturated rings. The molecular formula is C24H26F3NO6. The van der Waals surface area contributed by atoms with Gasteiger partial charge in [0.25, 0.3) is 0 Å². The number of esters is 2. The molecule has 0 amide bonds. The van der Waals surface area contributed by atoms with E-state index < -0.39 is 18.1 Å². The van der Waals surface area contributed by atoms with E-state index in [0.717, 1.165) is 11.1 Å². The van der Waals surface area contributed by atoms with Crippen molar-refractivity contribution in [1.29, 1.82) is 0 Å². The van der Waals surface area contributed by atoms with Gasteiger partial charge in [0.2, 0.25) is 0 Å². The second-order valence-corrected chi connectivity index (χ2v) is 7.63. The third-order valence-electron chi connectivity index (χ3n) is 5.08. The van der Waals surface area contributed by atoms with Crippen molar-refractivity contribution >= 4 is 11.9 Å². The van der Waals surface area contributed by atoms with Crippen LogP contribution in [0.15, 0.2) is 54.6 Å². The third kappa shape index (κ3) is 8.44. The highest BCUT2D eigenvalue weighted by Gasteiger charge is 2.42. The van der Waals surface area contributed by atoms with Gasteiger partial charge in [-0.1, -0.05) is 42.5 Å². The molecule has 2 aromatic rings. The quantitative estimate of drug-likeness (QED) is 0.291. The molecule has 1 atom stereocenters. The maximum atomic E-state index is 12.2. The number of benzene rings is 2. The number of carbonyl (C=O) groups is 2. The number of hydrogen-bond donors (Lipinski definition) is 0. The van der Waals surface area contributed by atoms with Crippen LogP contribution < -0.4 is 4.74 Å². The van der Waals surface area contributed by atoms with Crippen LogP contribution in [0.25, 0.3) is 0 Å². The fourth-order valence-electron chi connectivity index (χ4n) is 3.33. The van der Waals surface area contributed by atoms with Gasteiger partial charge in [0, 0.05) is 19.6 Å². The fourth-order valence-corrected chi connectivity index (χ4v) is 3.33. The predicted octanol–water partition coefficient (Wildman–Crippen LogP) is 3.68. The maximum absolute atomic E-state index is 12.2. The van der Waals surface area contributed by atoms with E-state index in [1.807, 2.05) is 59.5 Å². The van der Waals surface area contributed by atoms with Gasteiger partial charge in [-0.3, -0.25) is 9.69 Å². The minimum absolute atomic E-state index is 0.161. The first kappa shape index (κ1) is 25.7. The van der Waals surface area contributed by atoms with Gasteiger partial charge >= 0.3 is 18.1 Å². The molecule has 10 heteroatoms. The van der Waals surface area contributed by atoms with E-state index in [2.05, 4.69) is 4.74 Å². The first-order valence-corrected chi connectivity index (χ1v) is 10.8. The van der Waals surface area contributed by atoms with Crippen molar-refractivity contribution in [3.8, 4) is 5.75 Å². The third-order valence-corrected chi connectivity index (χ3v) is 5.08. The smallest absolute Gasteiger partial charge is 0.491 e. The van der Waals surface area contributed by atoms with Crippen LogP contribution >= 0.6 is 0 Å². The lowest BCUT2D eigenvalue weighted by Crippen LogP contribution is -2.39. The van der Waals surface area contributed by atoms with Gasteiger partial charge < -0.3 is 18.9 Å². The van der Waals surface area contributed by atoms with Crippen molar-refractivity contribution in [3.63, 3.8) is 0 Å². The van der Waals surface area contributed by atoms with E-state index in [9.17, 15) is 22.8 Å². The summed E-state index contributed by atoms with van der Waals surface area (Å²) in [6.07, 6.45) is -5.77. The normalized spacial score (nSPS) is 16.7. The van der Waals surface area contributed by atoms with E-state index in [1.54, 1.807) is 0 Å². The molecule has 184 valence electrons. The number of alkyl halides is 3. The number of morpholine rings is 1. The average molecular weight is 481 g/mol. The molecular weight excluding hydrogens is 455 g/mol. The summed E-state index contributed by atoms with van der Waals surface area (Å²) in [5, 5.41) is 0. The molecule has 1 heterocycles. The lowest BCUT2D eigenvalue weighted by molar-refractivity contribution is -0.202. The summed E-state index contributed by atoms with van der Waals surface area (Å²) in [6, 6.07) is 17.3. The molecule has 1 aliphatic rings. The summed E-state index contributed by atoms with van der Waals surface area (Å²) in [5.74, 6) is -3.01. The Morgan fingerprint density at radius 2 is 1.76 bits per heavy atom. The van der Waals surface area contributed by atoms with Crippen molar-refractivity contribution in [2.24, 2.45) is 0 Å². The zero-order valence-corrected chi connectivity index (χ0v) is 18.5. The van der Waals surface area contributed by atoms with Crippen LogP contribution in [-0.2, 0) is 30.4 Å². The van der Waals surface area contributed by atoms with Crippen LogP contribution in [0.3, 0.4) is 0 Å². The molecule has 0 N–H and O–H groups in total. The van der Waals surface area contributed by atoms with Crippen LogP contribution in [0.1, 0.15) is 23.7 Å². The topological polar surface area (TPSA) is 74.3 Å². The van der Waals surface area contributed by atoms with Gasteiger partial charge in [0.1, 0.15) is 12.4 Å². The van der Waals surface area contributed by atoms with Crippen molar-refractivity contribution in [1.82, 2.24) is 4.90 Å². The van der Waals surface area contributed by atoms with Crippen LogP contribution in [0.2, 0.25) is 0 Å². The molecule has 0 saturated carbocycles. The predicted molar refractivity (Wildman–Crippen MR) is 115 cm³/mol. The van der Waals surface area contributed by atoms with Gasteiger partial charge in [0.15, 0.2) is 0 Å². The average Bonchev–Trinajstić information content (AvgIpc) is 2.83. The van der Waals surface area contributed by atoms with Gasteiger partial charge in [-0.25, -0.2) is 4.79 Å². The van der Waals surface area contributed by atoms with Crippen molar-refractivity contribution in [2.45, 2.75) is 25.3 Å². The minimum atomic E-state index is -5.19. The molecule has 0 radical (unpaired) electrons. The first-order valence-electron chi connectivity index (χ1n) is 10.8. The molecule has 0 aromatic heterocycles. The number of ether oxygens (including phenoxy) is 4. The summed E-state index contributed by atoms with van der Waals surface area (Å²) in [6.45, 7) is 2.91. The molecule has 1 saturated heterocycles. The second kappa shape index (κ2) is 12.5. The number of nitrogens with zero attached hydrogens (tertiary/aromatic N) is 1. The van der Waals surface area contributed by atoms with Crippen molar-refractivity contribution < 1.29 is 41.7 Å². The van der Waals surface area contributed by atoms with E-state index in [0.29, 0.717) is 45.3 Å². The van der Waals surface area contributed by atoms with Gasteiger partial charge in [-0.2, -0.15) is 13.2 Å². The van der Waals surface area contributed by atoms with E-state index in [-0.39, 0.29) is 19.1 Å². The highest BCUT2D eigenvalue weighted by molar-refractivity contribution is 5.88. The molecule has 3 rings (SSSR count). The summed E-state index contributed by atoms with van der Waals surface area (Å²) in [7, 11) is 0. The highest BCUT2D eigenvalue weighted by Crippen LogP contribution is 2.24. The van der Waals surface area contributed by atoms with Crippen LogP contribution in [0.4, 0.5) is 13.2 Å². The summed E-state index contributed by atoms with van der Waals surface area (Å²) >= 11 is 0. The zero-order valence-electron chi connectivity index (χ0n) is 18.5. The largest absolute Gasteiger partial charge is 0.491 e. The van der Waals surface area contributed by atoms with Crippen molar-refractivity contribution in [3.05, 3.63) is 65.7 Å². The van der Waals surface area contributed by atoms with Crippen LogP contribution in [-0.4, -0.2) is 62.5 Å². The monoisotopic (exact) mass is 481 g/mol. The molecule has 7 nitrogen and oxygen atoms in total. The Kier molecular flexibility index (Phi) is 9.43. The Balaban J connectivity index is 1.37. The van der Waals surface area contributed by atoms with Crippen LogP contribution in [0, 0.1) is 0 Å². The van der Waals surface area contributed by atoms with Gasteiger partial charge in [0.05, 0.1) is 32.3 Å². The Hall–Kier alpha value is -2.95. The van der Waals surface area contributed by atoms with Crippen molar-refractivity contribution in [2.75, 3.05) is 39.5 Å². The second-order valence-electron chi connectivity index (χ2n) is 7.63. The lowest BCUT2D eigenvalue weighted by atomic mass is 10.1. The van der Waals surface area contributed by atoms with E-state index in [1.165, 1.54) is 0 Å². The summed E-state index contributed by atoms with van der Waals surface area (Å²) in [5.41, 5.74) is 2.01. The molecule has 0 spiro atoms.